The third-order valence-electron chi connectivity index (χ3n) is 3.22. The molecule has 1 rings (SSSR count). The van der Waals surface area contributed by atoms with Crippen molar-refractivity contribution in [1.82, 2.24) is 10.2 Å². The third kappa shape index (κ3) is 5.70. The van der Waals surface area contributed by atoms with Crippen molar-refractivity contribution in [3.05, 3.63) is 33.8 Å². The molecule has 0 spiro atoms. The molecule has 0 heterocycles. The average molecular weight is 317 g/mol. The number of rotatable bonds is 7. The van der Waals surface area contributed by atoms with Crippen LogP contribution in [0.5, 0.6) is 0 Å². The van der Waals surface area contributed by atoms with Crippen molar-refractivity contribution >= 4 is 29.1 Å². The molecule has 0 aliphatic carbocycles. The molecule has 0 aromatic heterocycles. The number of hydrogen-bond donors (Lipinski definition) is 1. The molecule has 20 heavy (non-hydrogen) atoms. The maximum absolute atomic E-state index is 11.9. The van der Waals surface area contributed by atoms with Crippen LogP contribution in [0.2, 0.25) is 10.0 Å². The van der Waals surface area contributed by atoms with Crippen LogP contribution in [0, 0.1) is 0 Å². The predicted molar refractivity (Wildman–Crippen MR) is 85.6 cm³/mol. The van der Waals surface area contributed by atoms with E-state index in [1.54, 1.807) is 18.2 Å². The van der Waals surface area contributed by atoms with Crippen LogP contribution in [-0.2, 0) is 11.2 Å². The first kappa shape index (κ1) is 17.3. The van der Waals surface area contributed by atoms with Crippen LogP contribution in [0.3, 0.4) is 0 Å². The van der Waals surface area contributed by atoms with Gasteiger partial charge in [-0.15, -0.1) is 0 Å². The van der Waals surface area contributed by atoms with E-state index in [0.29, 0.717) is 22.6 Å². The summed E-state index contributed by atoms with van der Waals surface area (Å²) in [6.07, 6.45) is 0.282. The quantitative estimate of drug-likeness (QED) is 0.836. The van der Waals surface area contributed by atoms with Gasteiger partial charge in [0.2, 0.25) is 5.91 Å². The highest BCUT2D eigenvalue weighted by Crippen LogP contribution is 2.21. The van der Waals surface area contributed by atoms with Gasteiger partial charge in [0.15, 0.2) is 0 Å². The lowest BCUT2D eigenvalue weighted by Crippen LogP contribution is -2.38. The summed E-state index contributed by atoms with van der Waals surface area (Å²) in [7, 11) is 0. The molecule has 0 aliphatic heterocycles. The molecule has 0 unspecified atom stereocenters. The molecule has 0 aliphatic rings. The van der Waals surface area contributed by atoms with Crippen LogP contribution in [0.15, 0.2) is 18.2 Å². The summed E-state index contributed by atoms with van der Waals surface area (Å²) in [5, 5.41) is 4.03. The predicted octanol–water partition coefficient (Wildman–Crippen LogP) is 3.38. The Bertz CT molecular complexity index is 449. The molecule has 1 aromatic carbocycles. The first-order chi connectivity index (χ1) is 9.43. The van der Waals surface area contributed by atoms with Gasteiger partial charge >= 0.3 is 0 Å². The van der Waals surface area contributed by atoms with Crippen molar-refractivity contribution in [2.24, 2.45) is 0 Å². The van der Waals surface area contributed by atoms with Crippen LogP contribution in [0.25, 0.3) is 0 Å². The van der Waals surface area contributed by atoms with E-state index in [1.165, 1.54) is 0 Å². The first-order valence-corrected chi connectivity index (χ1v) is 7.64. The number of halogens is 2. The number of carbonyl (C=O) groups excluding carboxylic acids is 1. The topological polar surface area (TPSA) is 32.3 Å². The van der Waals surface area contributed by atoms with Gasteiger partial charge < -0.3 is 5.32 Å². The molecule has 0 atom stereocenters. The van der Waals surface area contributed by atoms with Gasteiger partial charge in [-0.05, 0) is 38.1 Å². The Hall–Kier alpha value is -0.770. The van der Waals surface area contributed by atoms with Crippen molar-refractivity contribution in [3.63, 3.8) is 0 Å². The summed E-state index contributed by atoms with van der Waals surface area (Å²) in [4.78, 5) is 14.2. The Balaban J connectivity index is 2.40. The SMILES string of the molecule is CCN(CCNC(=O)Cc1ccc(Cl)cc1Cl)C(C)C. The average Bonchev–Trinajstić information content (AvgIpc) is 2.37. The van der Waals surface area contributed by atoms with Crippen LogP contribution in [-0.4, -0.2) is 36.5 Å². The highest BCUT2D eigenvalue weighted by atomic mass is 35.5. The van der Waals surface area contributed by atoms with E-state index in [9.17, 15) is 4.79 Å². The van der Waals surface area contributed by atoms with E-state index in [1.807, 2.05) is 0 Å². The second-order valence-electron chi connectivity index (χ2n) is 4.98. The molecule has 0 bridgehead atoms. The van der Waals surface area contributed by atoms with Crippen LogP contribution in [0.1, 0.15) is 26.3 Å². The molecule has 0 saturated carbocycles. The number of nitrogens with one attached hydrogen (secondary N) is 1. The minimum atomic E-state index is -0.0194. The minimum absolute atomic E-state index is 0.0194. The van der Waals surface area contributed by atoms with Gasteiger partial charge in [0.05, 0.1) is 6.42 Å². The number of hydrogen-bond acceptors (Lipinski definition) is 2. The zero-order valence-corrected chi connectivity index (χ0v) is 13.8. The molecule has 5 heteroatoms. The van der Waals surface area contributed by atoms with Crippen LogP contribution in [0.4, 0.5) is 0 Å². The molecular weight excluding hydrogens is 295 g/mol. The van der Waals surface area contributed by atoms with E-state index in [-0.39, 0.29) is 12.3 Å². The summed E-state index contributed by atoms with van der Waals surface area (Å²) in [5.74, 6) is -0.0194. The van der Waals surface area contributed by atoms with Gasteiger partial charge in [0.1, 0.15) is 0 Å². The van der Waals surface area contributed by atoms with Gasteiger partial charge in [-0.1, -0.05) is 36.2 Å². The van der Waals surface area contributed by atoms with E-state index < -0.39 is 0 Å². The molecule has 0 radical (unpaired) electrons. The fraction of sp³-hybridized carbons (Fsp3) is 0.533. The number of carbonyl (C=O) groups is 1. The maximum Gasteiger partial charge on any atom is 0.224 e. The smallest absolute Gasteiger partial charge is 0.224 e. The maximum atomic E-state index is 11.9. The standard InChI is InChI=1S/C15H22Cl2N2O/c1-4-19(11(2)3)8-7-18-15(20)9-12-5-6-13(16)10-14(12)17/h5-6,10-11H,4,7-9H2,1-3H3,(H,18,20). The molecule has 1 N–H and O–H groups in total. The van der Waals surface area contributed by atoms with Crippen molar-refractivity contribution in [3.8, 4) is 0 Å². The Kier molecular flexibility index (Phi) is 7.35. The molecule has 0 fully saturated rings. The number of benzene rings is 1. The lowest BCUT2D eigenvalue weighted by atomic mass is 10.1. The lowest BCUT2D eigenvalue weighted by Gasteiger charge is -2.24. The van der Waals surface area contributed by atoms with Crippen molar-refractivity contribution in [1.29, 1.82) is 0 Å². The van der Waals surface area contributed by atoms with Crippen molar-refractivity contribution in [2.75, 3.05) is 19.6 Å². The molecule has 0 saturated heterocycles. The summed E-state index contributed by atoms with van der Waals surface area (Å²) in [6.45, 7) is 8.91. The molecule has 1 amide bonds. The van der Waals surface area contributed by atoms with Crippen molar-refractivity contribution in [2.45, 2.75) is 33.2 Å². The number of likely N-dealkylation sites (N-methyl/N-ethyl adjacent to an activating group) is 1. The van der Waals surface area contributed by atoms with Gasteiger partial charge in [-0.3, -0.25) is 9.69 Å². The van der Waals surface area contributed by atoms with Gasteiger partial charge in [0.25, 0.3) is 0 Å². The fourth-order valence-corrected chi connectivity index (χ4v) is 2.50. The van der Waals surface area contributed by atoms with E-state index in [2.05, 4.69) is 31.0 Å². The Morgan fingerprint density at radius 3 is 2.60 bits per heavy atom. The minimum Gasteiger partial charge on any atom is -0.355 e. The van der Waals surface area contributed by atoms with E-state index in [4.69, 9.17) is 23.2 Å². The fourth-order valence-electron chi connectivity index (χ4n) is 2.02. The first-order valence-electron chi connectivity index (χ1n) is 6.88. The van der Waals surface area contributed by atoms with Gasteiger partial charge in [-0.25, -0.2) is 0 Å². The largest absolute Gasteiger partial charge is 0.355 e. The van der Waals surface area contributed by atoms with E-state index in [0.717, 1.165) is 18.7 Å². The van der Waals surface area contributed by atoms with Crippen molar-refractivity contribution < 1.29 is 4.79 Å². The van der Waals surface area contributed by atoms with Gasteiger partial charge in [0, 0.05) is 29.2 Å². The molecule has 1 aromatic rings. The monoisotopic (exact) mass is 316 g/mol. The zero-order valence-electron chi connectivity index (χ0n) is 12.2. The normalized spacial score (nSPS) is 11.2. The van der Waals surface area contributed by atoms with E-state index >= 15 is 0 Å². The third-order valence-corrected chi connectivity index (χ3v) is 3.81. The lowest BCUT2D eigenvalue weighted by molar-refractivity contribution is -0.120. The molecule has 112 valence electrons. The second kappa shape index (κ2) is 8.50. The highest BCUT2D eigenvalue weighted by molar-refractivity contribution is 6.35. The second-order valence-corrected chi connectivity index (χ2v) is 5.83. The summed E-state index contributed by atoms with van der Waals surface area (Å²) in [6, 6.07) is 5.68. The van der Waals surface area contributed by atoms with Crippen LogP contribution >= 0.6 is 23.2 Å². The summed E-state index contributed by atoms with van der Waals surface area (Å²) < 4.78 is 0. The van der Waals surface area contributed by atoms with Gasteiger partial charge in [-0.2, -0.15) is 0 Å². The zero-order chi connectivity index (χ0) is 15.1. The van der Waals surface area contributed by atoms with Crippen LogP contribution < -0.4 is 5.32 Å². The summed E-state index contributed by atoms with van der Waals surface area (Å²) in [5.41, 5.74) is 0.796. The highest BCUT2D eigenvalue weighted by Gasteiger charge is 2.09. The summed E-state index contributed by atoms with van der Waals surface area (Å²) >= 11 is 11.9. The Labute approximate surface area is 131 Å². The Morgan fingerprint density at radius 1 is 1.35 bits per heavy atom. The number of amides is 1. The molecular formula is C15H22Cl2N2O. The Morgan fingerprint density at radius 2 is 2.05 bits per heavy atom. The number of nitrogens with zero attached hydrogens (tertiary/aromatic N) is 1. The molecule has 3 nitrogen and oxygen atoms in total.